The van der Waals surface area contributed by atoms with E-state index in [1.807, 2.05) is 22.9 Å². The van der Waals surface area contributed by atoms with Crippen LogP contribution in [0, 0.1) is 0 Å². The van der Waals surface area contributed by atoms with E-state index in [1.54, 1.807) is 6.92 Å². The topological polar surface area (TPSA) is 90.2 Å². The summed E-state index contributed by atoms with van der Waals surface area (Å²) >= 11 is 3.56. The first-order chi connectivity index (χ1) is 11.3. The second-order valence-corrected chi connectivity index (χ2v) is 13.2. The molecule has 2 aromatic rings. The van der Waals surface area contributed by atoms with E-state index in [0.717, 1.165) is 28.2 Å². The molecule has 0 fully saturated rings. The van der Waals surface area contributed by atoms with Gasteiger partial charge in [-0.15, -0.1) is 5.11 Å². The number of ether oxygens (including phenoxy) is 1. The summed E-state index contributed by atoms with van der Waals surface area (Å²) in [6, 6.07) is 4.94. The van der Waals surface area contributed by atoms with Gasteiger partial charge < -0.3 is 15.1 Å². The monoisotopic (exact) mass is 410 g/mol. The van der Waals surface area contributed by atoms with Gasteiger partial charge in [-0.3, -0.25) is 0 Å². The minimum Gasteiger partial charge on any atom is -0.361 e. The van der Waals surface area contributed by atoms with Crippen molar-refractivity contribution in [2.45, 2.75) is 39.3 Å². The maximum atomic E-state index is 5.83. The number of rotatable bonds is 6. The first kappa shape index (κ1) is 18.8. The van der Waals surface area contributed by atoms with Crippen molar-refractivity contribution in [3.05, 3.63) is 22.8 Å². The summed E-state index contributed by atoms with van der Waals surface area (Å²) in [6.45, 7) is 9.96. The highest BCUT2D eigenvalue weighted by molar-refractivity contribution is 9.10. The Hall–Kier alpha value is -1.58. The molecule has 0 aliphatic carbocycles. The molecule has 2 aromatic heterocycles. The summed E-state index contributed by atoms with van der Waals surface area (Å²) in [5.41, 5.74) is 0.814. The van der Waals surface area contributed by atoms with Crippen molar-refractivity contribution in [3.8, 4) is 0 Å². The highest BCUT2D eigenvalue weighted by atomic mass is 79.9. The predicted molar refractivity (Wildman–Crippen MR) is 103 cm³/mol. The van der Waals surface area contributed by atoms with Gasteiger partial charge in [-0.1, -0.05) is 24.9 Å². The third kappa shape index (κ3) is 5.22. The first-order valence-electron chi connectivity index (χ1n) is 7.69. The van der Waals surface area contributed by atoms with Crippen molar-refractivity contribution in [3.63, 3.8) is 0 Å². The van der Waals surface area contributed by atoms with Crippen LogP contribution in [0.4, 0.5) is 5.82 Å². The number of pyridine rings is 1. The van der Waals surface area contributed by atoms with E-state index in [0.29, 0.717) is 18.4 Å². The third-order valence-corrected chi connectivity index (χ3v) is 5.70. The van der Waals surface area contributed by atoms with E-state index in [1.165, 1.54) is 0 Å². The smallest absolute Gasteiger partial charge is 0.156 e. The Morgan fingerprint density at radius 1 is 1.38 bits per heavy atom. The van der Waals surface area contributed by atoms with Crippen LogP contribution < -0.4 is 5.84 Å². The number of hydrogen-bond acceptors (Lipinski definition) is 4. The van der Waals surface area contributed by atoms with Crippen LogP contribution in [0.3, 0.4) is 0 Å². The highest BCUT2D eigenvalue weighted by Gasteiger charge is 2.13. The Morgan fingerprint density at radius 2 is 2.12 bits per heavy atom. The number of aromatic nitrogens is 2. The van der Waals surface area contributed by atoms with Crippen molar-refractivity contribution in [1.29, 1.82) is 0 Å². The lowest BCUT2D eigenvalue weighted by Gasteiger charge is -2.15. The number of aliphatic imine (C=N–C) groups is 1. The number of hydrogen-bond donors (Lipinski definition) is 1. The van der Waals surface area contributed by atoms with Crippen LogP contribution in [-0.4, -0.2) is 30.1 Å². The van der Waals surface area contributed by atoms with Gasteiger partial charge in [0, 0.05) is 30.7 Å². The number of nitrogens with zero attached hydrogens (tertiary/aromatic N) is 5. The minimum absolute atomic E-state index is 0.452. The zero-order valence-electron chi connectivity index (χ0n) is 14.5. The molecule has 0 unspecified atom stereocenters. The minimum atomic E-state index is -1.09. The van der Waals surface area contributed by atoms with Gasteiger partial charge >= 0.3 is 0 Å². The summed E-state index contributed by atoms with van der Waals surface area (Å²) < 4.78 is 8.78. The number of amidine groups is 1. The summed E-state index contributed by atoms with van der Waals surface area (Å²) in [4.78, 5) is 8.86. The fraction of sp³-hybridized carbons (Fsp3) is 0.467. The van der Waals surface area contributed by atoms with Crippen molar-refractivity contribution in [2.75, 3.05) is 6.61 Å². The standard InChI is InChI=1S/C15H23BrN6OSi/c1-11(20-21-17)18-14-6-5-12-13(16)9-22(15(12)19-14)10-23-7-8-24(2,3)4/h5-6,9H,7-8,10H2,1-4H3,(H2,17,18,19,20). The molecule has 0 atom stereocenters. The zero-order chi connectivity index (χ0) is 17.7. The van der Waals surface area contributed by atoms with Crippen LogP contribution in [0.1, 0.15) is 6.92 Å². The van der Waals surface area contributed by atoms with Crippen LogP contribution in [0.15, 0.2) is 38.1 Å². The summed E-state index contributed by atoms with van der Waals surface area (Å²) in [7, 11) is -1.09. The van der Waals surface area contributed by atoms with Gasteiger partial charge in [-0.2, -0.15) is 0 Å². The van der Waals surface area contributed by atoms with E-state index >= 15 is 0 Å². The molecule has 0 amide bonds. The molecule has 0 aromatic carbocycles. The van der Waals surface area contributed by atoms with Crippen molar-refractivity contribution >= 4 is 46.7 Å². The lowest BCUT2D eigenvalue weighted by atomic mass is 10.3. The molecule has 0 bridgehead atoms. The van der Waals surface area contributed by atoms with E-state index in [2.05, 4.69) is 55.9 Å². The molecule has 0 aliphatic heterocycles. The highest BCUT2D eigenvalue weighted by Crippen LogP contribution is 2.27. The number of halogens is 1. The molecular formula is C15H23BrN6OSi. The number of nitrogens with two attached hydrogens (primary N) is 1. The Kier molecular flexibility index (Phi) is 6.25. The van der Waals surface area contributed by atoms with Crippen molar-refractivity contribution in [1.82, 2.24) is 9.55 Å². The van der Waals surface area contributed by atoms with Gasteiger partial charge in [0.25, 0.3) is 0 Å². The van der Waals surface area contributed by atoms with Gasteiger partial charge in [0.15, 0.2) is 11.7 Å². The molecule has 2 N–H and O–H groups in total. The van der Waals surface area contributed by atoms with Gasteiger partial charge in [-0.05, 0) is 41.0 Å². The van der Waals surface area contributed by atoms with Crippen molar-refractivity contribution in [2.24, 2.45) is 21.2 Å². The molecule has 24 heavy (non-hydrogen) atoms. The third-order valence-electron chi connectivity index (χ3n) is 3.36. The maximum Gasteiger partial charge on any atom is 0.156 e. The summed E-state index contributed by atoms with van der Waals surface area (Å²) in [6.07, 6.45) is 1.98. The molecular weight excluding hydrogens is 388 g/mol. The Balaban J connectivity index is 2.19. The van der Waals surface area contributed by atoms with Gasteiger partial charge in [0.2, 0.25) is 0 Å². The fourth-order valence-corrected chi connectivity index (χ4v) is 3.40. The van der Waals surface area contributed by atoms with E-state index in [-0.39, 0.29) is 0 Å². The van der Waals surface area contributed by atoms with Gasteiger partial charge in [0.05, 0.1) is 0 Å². The lowest BCUT2D eigenvalue weighted by molar-refractivity contribution is 0.0898. The van der Waals surface area contributed by atoms with E-state index in [4.69, 9.17) is 10.6 Å². The number of fused-ring (bicyclic) bond motifs is 1. The molecule has 7 nitrogen and oxygen atoms in total. The lowest BCUT2D eigenvalue weighted by Crippen LogP contribution is -2.22. The van der Waals surface area contributed by atoms with Crippen LogP contribution >= 0.6 is 15.9 Å². The maximum absolute atomic E-state index is 5.83. The molecule has 0 saturated carbocycles. The zero-order valence-corrected chi connectivity index (χ0v) is 17.0. The largest absolute Gasteiger partial charge is 0.361 e. The second kappa shape index (κ2) is 7.99. The van der Waals surface area contributed by atoms with Crippen LogP contribution in [-0.2, 0) is 11.5 Å². The average molecular weight is 411 g/mol. The van der Waals surface area contributed by atoms with Crippen LogP contribution in [0.5, 0.6) is 0 Å². The van der Waals surface area contributed by atoms with Gasteiger partial charge in [-0.25, -0.2) is 9.98 Å². The Labute approximate surface area is 151 Å². The molecule has 2 heterocycles. The molecule has 0 aliphatic rings. The molecule has 9 heteroatoms. The molecule has 130 valence electrons. The average Bonchev–Trinajstić information content (AvgIpc) is 2.79. The van der Waals surface area contributed by atoms with E-state index < -0.39 is 8.07 Å². The van der Waals surface area contributed by atoms with Crippen LogP contribution in [0.25, 0.3) is 11.0 Å². The SMILES string of the molecule is CC(N=NN)=Nc1ccc2c(Br)cn(COCC[Si](C)(C)C)c2n1. The van der Waals surface area contributed by atoms with E-state index in [9.17, 15) is 0 Å². The molecule has 0 saturated heterocycles. The summed E-state index contributed by atoms with van der Waals surface area (Å²) in [5.74, 6) is 6.04. The molecule has 0 spiro atoms. The quantitative estimate of drug-likeness (QED) is 0.144. The summed E-state index contributed by atoms with van der Waals surface area (Å²) in [5, 5.41) is 7.92. The first-order valence-corrected chi connectivity index (χ1v) is 12.2. The van der Waals surface area contributed by atoms with Gasteiger partial charge in [0.1, 0.15) is 12.4 Å². The predicted octanol–water partition coefficient (Wildman–Crippen LogP) is 4.49. The Morgan fingerprint density at radius 3 is 2.79 bits per heavy atom. The van der Waals surface area contributed by atoms with Crippen molar-refractivity contribution < 1.29 is 4.74 Å². The molecule has 2 rings (SSSR count). The second-order valence-electron chi connectivity index (χ2n) is 6.71. The van der Waals surface area contributed by atoms with Crippen LogP contribution in [0.2, 0.25) is 25.7 Å². The normalized spacial score (nSPS) is 13.3. The Bertz CT molecular complexity index is 765. The molecule has 0 radical (unpaired) electrons. The fourth-order valence-electron chi connectivity index (χ4n) is 2.08.